The van der Waals surface area contributed by atoms with Crippen LogP contribution in [0, 0.1) is 0 Å². The van der Waals surface area contributed by atoms with Crippen LogP contribution < -0.4 is 0 Å². The molecule has 3 rings (SSSR count). The molecule has 21 heavy (non-hydrogen) atoms. The Bertz CT molecular complexity index is 632. The predicted octanol–water partition coefficient (Wildman–Crippen LogP) is 2.06. The van der Waals surface area contributed by atoms with Gasteiger partial charge in [-0.25, -0.2) is 0 Å². The lowest BCUT2D eigenvalue weighted by molar-refractivity contribution is -0.206. The Morgan fingerprint density at radius 3 is 2.86 bits per heavy atom. The monoisotopic (exact) mass is 300 g/mol. The summed E-state index contributed by atoms with van der Waals surface area (Å²) in [6, 6.07) is 1.27. The lowest BCUT2D eigenvalue weighted by atomic mass is 10.2. The summed E-state index contributed by atoms with van der Waals surface area (Å²) >= 11 is 0. The number of aromatic nitrogens is 4. The van der Waals surface area contributed by atoms with Crippen LogP contribution in [-0.2, 0) is 19.5 Å². The molecular weight excluding hydrogens is 285 g/mol. The van der Waals surface area contributed by atoms with Crippen LogP contribution in [0.1, 0.15) is 36.2 Å². The summed E-state index contributed by atoms with van der Waals surface area (Å²) in [6.45, 7) is 1.19. The van der Waals surface area contributed by atoms with Crippen LogP contribution in [0.15, 0.2) is 18.5 Å². The summed E-state index contributed by atoms with van der Waals surface area (Å²) in [4.78, 5) is 0. The van der Waals surface area contributed by atoms with Crippen molar-refractivity contribution < 1.29 is 18.3 Å². The highest BCUT2D eigenvalue weighted by Gasteiger charge is 2.39. The Labute approximate surface area is 119 Å². The maximum absolute atomic E-state index is 12.5. The van der Waals surface area contributed by atoms with Crippen molar-refractivity contribution in [1.82, 2.24) is 19.3 Å². The molecule has 1 N–H and O–H groups in total. The molecule has 0 amide bonds. The number of fused-ring (bicyclic) bond motifs is 1. The van der Waals surface area contributed by atoms with Gasteiger partial charge in [-0.2, -0.15) is 13.2 Å². The Kier molecular flexibility index (Phi) is 3.48. The van der Waals surface area contributed by atoms with E-state index in [4.69, 9.17) is 0 Å². The second kappa shape index (κ2) is 5.18. The molecule has 1 unspecified atom stereocenters. The first-order valence-corrected chi connectivity index (χ1v) is 6.76. The molecule has 0 bridgehead atoms. The van der Waals surface area contributed by atoms with E-state index in [1.807, 2.05) is 4.57 Å². The molecule has 1 aliphatic heterocycles. The van der Waals surface area contributed by atoms with Crippen molar-refractivity contribution in [3.8, 4) is 0 Å². The minimum absolute atomic E-state index is 0.166. The van der Waals surface area contributed by atoms with E-state index in [-0.39, 0.29) is 5.56 Å². The molecule has 1 atom stereocenters. The van der Waals surface area contributed by atoms with Gasteiger partial charge in [0.25, 0.3) is 0 Å². The van der Waals surface area contributed by atoms with E-state index in [1.54, 1.807) is 4.57 Å². The van der Waals surface area contributed by atoms with Gasteiger partial charge in [0.05, 0.1) is 6.54 Å². The number of nitrogens with zero attached hydrogens (tertiary/aromatic N) is 4. The van der Waals surface area contributed by atoms with Crippen molar-refractivity contribution in [2.75, 3.05) is 0 Å². The van der Waals surface area contributed by atoms with Crippen molar-refractivity contribution >= 4 is 0 Å². The van der Waals surface area contributed by atoms with Gasteiger partial charge in [0.1, 0.15) is 5.82 Å². The first-order chi connectivity index (χ1) is 9.95. The van der Waals surface area contributed by atoms with Gasteiger partial charge in [-0.05, 0) is 18.9 Å². The SMILES string of the molecule is OC(c1ccn(Cc2nnc3n2CCCC3)c1)C(F)(F)F. The summed E-state index contributed by atoms with van der Waals surface area (Å²) in [5, 5.41) is 17.4. The Morgan fingerprint density at radius 1 is 1.29 bits per heavy atom. The largest absolute Gasteiger partial charge is 0.418 e. The molecule has 0 aliphatic carbocycles. The Morgan fingerprint density at radius 2 is 2.10 bits per heavy atom. The molecule has 0 radical (unpaired) electrons. The normalized spacial score (nSPS) is 16.8. The van der Waals surface area contributed by atoms with E-state index >= 15 is 0 Å². The van der Waals surface area contributed by atoms with Gasteiger partial charge in [-0.15, -0.1) is 10.2 Å². The fraction of sp³-hybridized carbons (Fsp3) is 0.538. The number of halogens is 3. The van der Waals surface area contributed by atoms with Crippen LogP contribution in [0.2, 0.25) is 0 Å². The second-order valence-electron chi connectivity index (χ2n) is 5.20. The first-order valence-electron chi connectivity index (χ1n) is 6.76. The van der Waals surface area contributed by atoms with Gasteiger partial charge < -0.3 is 14.2 Å². The number of hydrogen-bond acceptors (Lipinski definition) is 3. The maximum atomic E-state index is 12.5. The molecule has 2 aromatic rings. The van der Waals surface area contributed by atoms with Crippen LogP contribution in [0.25, 0.3) is 0 Å². The van der Waals surface area contributed by atoms with Crippen molar-refractivity contribution in [2.24, 2.45) is 0 Å². The van der Waals surface area contributed by atoms with Gasteiger partial charge in [-0.3, -0.25) is 0 Å². The lowest BCUT2D eigenvalue weighted by Gasteiger charge is -2.15. The Balaban J connectivity index is 1.77. The molecule has 0 spiro atoms. The van der Waals surface area contributed by atoms with Crippen LogP contribution in [-0.4, -0.2) is 30.6 Å². The predicted molar refractivity (Wildman–Crippen MR) is 67.5 cm³/mol. The molecule has 1 aliphatic rings. The van der Waals surface area contributed by atoms with E-state index in [9.17, 15) is 18.3 Å². The molecule has 2 aromatic heterocycles. The number of alkyl halides is 3. The fourth-order valence-electron chi connectivity index (χ4n) is 2.56. The maximum Gasteiger partial charge on any atom is 0.418 e. The first kappa shape index (κ1) is 14.1. The fourth-order valence-corrected chi connectivity index (χ4v) is 2.56. The molecule has 0 saturated heterocycles. The van der Waals surface area contributed by atoms with Crippen LogP contribution in [0.3, 0.4) is 0 Å². The van der Waals surface area contributed by atoms with Crippen molar-refractivity contribution in [2.45, 2.75) is 44.6 Å². The molecule has 3 heterocycles. The van der Waals surface area contributed by atoms with Gasteiger partial charge in [-0.1, -0.05) is 0 Å². The molecule has 0 fully saturated rings. The standard InChI is InChI=1S/C13H15F3N4O/c14-13(15,16)12(21)9-4-6-19(7-9)8-11-18-17-10-3-1-2-5-20(10)11/h4,6-7,12,21H,1-3,5,8H2. The van der Waals surface area contributed by atoms with Gasteiger partial charge in [0.2, 0.25) is 0 Å². The summed E-state index contributed by atoms with van der Waals surface area (Å²) < 4.78 is 41.0. The third-order valence-corrected chi connectivity index (χ3v) is 3.66. The van der Waals surface area contributed by atoms with Gasteiger partial charge >= 0.3 is 6.18 Å². The lowest BCUT2D eigenvalue weighted by Crippen LogP contribution is -2.19. The zero-order chi connectivity index (χ0) is 15.0. The average Bonchev–Trinajstić information content (AvgIpc) is 3.05. The quantitative estimate of drug-likeness (QED) is 0.944. The number of rotatable bonds is 3. The summed E-state index contributed by atoms with van der Waals surface area (Å²) in [7, 11) is 0. The smallest absolute Gasteiger partial charge is 0.379 e. The van der Waals surface area contributed by atoms with Gasteiger partial charge in [0.15, 0.2) is 11.9 Å². The van der Waals surface area contributed by atoms with Crippen molar-refractivity contribution in [1.29, 1.82) is 0 Å². The Hall–Kier alpha value is -1.83. The number of hydrogen-bond donors (Lipinski definition) is 1. The van der Waals surface area contributed by atoms with Gasteiger partial charge in [0, 0.05) is 30.9 Å². The molecule has 114 valence electrons. The highest BCUT2D eigenvalue weighted by molar-refractivity contribution is 5.16. The third kappa shape index (κ3) is 2.80. The third-order valence-electron chi connectivity index (χ3n) is 3.66. The topological polar surface area (TPSA) is 55.9 Å². The van der Waals surface area contributed by atoms with Crippen molar-refractivity contribution in [3.63, 3.8) is 0 Å². The number of aryl methyl sites for hydroxylation is 1. The second-order valence-corrected chi connectivity index (χ2v) is 5.20. The van der Waals surface area contributed by atoms with E-state index < -0.39 is 12.3 Å². The number of aliphatic hydroxyl groups excluding tert-OH is 1. The number of aliphatic hydroxyl groups is 1. The minimum Gasteiger partial charge on any atom is -0.379 e. The molecule has 5 nitrogen and oxygen atoms in total. The molecule has 0 aromatic carbocycles. The van der Waals surface area contributed by atoms with Crippen LogP contribution in [0.4, 0.5) is 13.2 Å². The zero-order valence-electron chi connectivity index (χ0n) is 11.2. The van der Waals surface area contributed by atoms with E-state index in [1.165, 1.54) is 18.5 Å². The zero-order valence-corrected chi connectivity index (χ0v) is 11.2. The summed E-state index contributed by atoms with van der Waals surface area (Å²) in [5.41, 5.74) is -0.166. The molecule has 8 heteroatoms. The van der Waals surface area contributed by atoms with Crippen LogP contribution in [0.5, 0.6) is 0 Å². The highest BCUT2D eigenvalue weighted by atomic mass is 19.4. The highest BCUT2D eigenvalue weighted by Crippen LogP contribution is 2.32. The summed E-state index contributed by atoms with van der Waals surface area (Å²) in [5.74, 6) is 1.66. The summed E-state index contributed by atoms with van der Waals surface area (Å²) in [6.07, 6.45) is -1.27. The van der Waals surface area contributed by atoms with Crippen molar-refractivity contribution in [3.05, 3.63) is 35.7 Å². The van der Waals surface area contributed by atoms with E-state index in [0.717, 1.165) is 37.5 Å². The van der Waals surface area contributed by atoms with Crippen LogP contribution >= 0.6 is 0 Å². The van der Waals surface area contributed by atoms with E-state index in [0.29, 0.717) is 6.54 Å². The minimum atomic E-state index is -4.65. The molecular formula is C13H15F3N4O. The average molecular weight is 300 g/mol. The molecule has 0 saturated carbocycles. The van der Waals surface area contributed by atoms with E-state index in [2.05, 4.69) is 10.2 Å².